The predicted octanol–water partition coefficient (Wildman–Crippen LogP) is 4.03. The molecule has 0 N–H and O–H groups in total. The van der Waals surface area contributed by atoms with Crippen LogP contribution in [0.25, 0.3) is 0 Å². The van der Waals surface area contributed by atoms with Crippen molar-refractivity contribution in [3.63, 3.8) is 0 Å². The minimum absolute atomic E-state index is 0.0725. The van der Waals surface area contributed by atoms with E-state index >= 15 is 0 Å². The van der Waals surface area contributed by atoms with Gasteiger partial charge in [0, 0.05) is 29.2 Å². The topological polar surface area (TPSA) is 46.4 Å². The third kappa shape index (κ3) is 3.24. The summed E-state index contributed by atoms with van der Waals surface area (Å²) >= 11 is 7.46. The highest BCUT2D eigenvalue weighted by atomic mass is 35.5. The number of benzene rings is 1. The van der Waals surface area contributed by atoms with E-state index in [0.29, 0.717) is 5.56 Å². The van der Waals surface area contributed by atoms with E-state index in [1.165, 1.54) is 10.9 Å². The molecule has 0 atom stereocenters. The summed E-state index contributed by atoms with van der Waals surface area (Å²) in [4.78, 5) is 13.7. The molecule has 1 aromatic heterocycles. The van der Waals surface area contributed by atoms with Gasteiger partial charge in [0.25, 0.3) is 5.69 Å². The lowest BCUT2D eigenvalue weighted by molar-refractivity contribution is -0.385. The number of rotatable bonds is 5. The van der Waals surface area contributed by atoms with Crippen LogP contribution >= 0.6 is 22.9 Å². The first-order valence-electron chi connectivity index (χ1n) is 5.68. The molecule has 2 rings (SSSR count). The maximum atomic E-state index is 10.9. The van der Waals surface area contributed by atoms with E-state index in [-0.39, 0.29) is 11.6 Å². The second-order valence-electron chi connectivity index (χ2n) is 4.14. The SMILES string of the molecule is CN(Cc1cccs1)c1ccc([N+](=O)[O-])c(CCl)c1. The summed E-state index contributed by atoms with van der Waals surface area (Å²) in [6.07, 6.45) is 0. The average Bonchev–Trinajstić information content (AvgIpc) is 2.90. The third-order valence-electron chi connectivity index (χ3n) is 2.82. The van der Waals surface area contributed by atoms with Crippen LogP contribution in [0.5, 0.6) is 0 Å². The number of nitro benzene ring substituents is 1. The van der Waals surface area contributed by atoms with E-state index in [9.17, 15) is 10.1 Å². The van der Waals surface area contributed by atoms with E-state index in [4.69, 9.17) is 11.6 Å². The number of anilines is 1. The number of alkyl halides is 1. The molecule has 0 aliphatic heterocycles. The van der Waals surface area contributed by atoms with Gasteiger partial charge in [0.15, 0.2) is 0 Å². The summed E-state index contributed by atoms with van der Waals surface area (Å²) < 4.78 is 0. The first-order chi connectivity index (χ1) is 9.11. The Balaban J connectivity index is 2.23. The summed E-state index contributed by atoms with van der Waals surface area (Å²) in [6, 6.07) is 9.11. The van der Waals surface area contributed by atoms with Crippen LogP contribution in [0.15, 0.2) is 35.7 Å². The molecule has 0 aliphatic carbocycles. The van der Waals surface area contributed by atoms with Crippen molar-refractivity contribution in [3.8, 4) is 0 Å². The van der Waals surface area contributed by atoms with Crippen LogP contribution in [-0.2, 0) is 12.4 Å². The summed E-state index contributed by atoms with van der Waals surface area (Å²) in [7, 11) is 1.96. The Bertz CT molecular complexity index is 572. The van der Waals surface area contributed by atoms with Crippen molar-refractivity contribution in [2.24, 2.45) is 0 Å². The van der Waals surface area contributed by atoms with Crippen molar-refractivity contribution in [2.45, 2.75) is 12.4 Å². The van der Waals surface area contributed by atoms with Gasteiger partial charge in [0.1, 0.15) is 0 Å². The lowest BCUT2D eigenvalue weighted by Crippen LogP contribution is -2.15. The fourth-order valence-corrected chi connectivity index (χ4v) is 2.79. The number of nitrogens with zero attached hydrogens (tertiary/aromatic N) is 2. The van der Waals surface area contributed by atoms with Gasteiger partial charge in [-0.25, -0.2) is 0 Å². The summed E-state index contributed by atoms with van der Waals surface area (Å²) in [5.41, 5.74) is 1.54. The zero-order chi connectivity index (χ0) is 13.8. The van der Waals surface area contributed by atoms with Crippen LogP contribution < -0.4 is 4.90 Å². The number of halogens is 1. The molecule has 4 nitrogen and oxygen atoms in total. The molecule has 0 unspecified atom stereocenters. The molecule has 2 aromatic rings. The van der Waals surface area contributed by atoms with E-state index in [0.717, 1.165) is 12.2 Å². The molecule has 0 amide bonds. The molecule has 0 saturated heterocycles. The van der Waals surface area contributed by atoms with Gasteiger partial charge in [-0.1, -0.05) is 6.07 Å². The Labute approximate surface area is 120 Å². The quantitative estimate of drug-likeness (QED) is 0.475. The maximum absolute atomic E-state index is 10.9. The van der Waals surface area contributed by atoms with Gasteiger partial charge in [0.2, 0.25) is 0 Å². The molecule has 1 heterocycles. The maximum Gasteiger partial charge on any atom is 0.273 e. The highest BCUT2D eigenvalue weighted by molar-refractivity contribution is 7.09. The van der Waals surface area contributed by atoms with Crippen LogP contribution in [0.2, 0.25) is 0 Å². The van der Waals surface area contributed by atoms with E-state index < -0.39 is 4.92 Å². The van der Waals surface area contributed by atoms with Gasteiger partial charge < -0.3 is 4.90 Å². The zero-order valence-electron chi connectivity index (χ0n) is 10.4. The molecule has 0 fully saturated rings. The second kappa shape index (κ2) is 6.04. The predicted molar refractivity (Wildman–Crippen MR) is 79.1 cm³/mol. The summed E-state index contributed by atoms with van der Waals surface area (Å²) in [5, 5.41) is 12.9. The lowest BCUT2D eigenvalue weighted by atomic mass is 10.1. The highest BCUT2D eigenvalue weighted by Gasteiger charge is 2.14. The molecular formula is C13H13ClN2O2S. The van der Waals surface area contributed by atoms with Crippen LogP contribution in [0.4, 0.5) is 11.4 Å². The molecule has 6 heteroatoms. The van der Waals surface area contributed by atoms with Crippen molar-refractivity contribution in [2.75, 3.05) is 11.9 Å². The average molecular weight is 297 g/mol. The Morgan fingerprint density at radius 1 is 1.42 bits per heavy atom. The van der Waals surface area contributed by atoms with Crippen LogP contribution in [0.3, 0.4) is 0 Å². The highest BCUT2D eigenvalue weighted by Crippen LogP contribution is 2.27. The van der Waals surface area contributed by atoms with Gasteiger partial charge in [0.05, 0.1) is 17.3 Å². The first kappa shape index (κ1) is 13.8. The van der Waals surface area contributed by atoms with Gasteiger partial charge >= 0.3 is 0 Å². The number of nitro groups is 1. The molecule has 0 aliphatic rings. The van der Waals surface area contributed by atoms with Crippen molar-refractivity contribution < 1.29 is 4.92 Å². The smallest absolute Gasteiger partial charge is 0.273 e. The minimum atomic E-state index is -0.402. The lowest BCUT2D eigenvalue weighted by Gasteiger charge is -2.19. The van der Waals surface area contributed by atoms with Crippen molar-refractivity contribution >= 4 is 34.3 Å². The van der Waals surface area contributed by atoms with Crippen molar-refractivity contribution in [3.05, 3.63) is 56.3 Å². The first-order valence-corrected chi connectivity index (χ1v) is 7.10. The number of thiophene rings is 1. The Morgan fingerprint density at radius 2 is 2.21 bits per heavy atom. The van der Waals surface area contributed by atoms with Crippen LogP contribution in [-0.4, -0.2) is 12.0 Å². The van der Waals surface area contributed by atoms with Crippen molar-refractivity contribution in [1.82, 2.24) is 0 Å². The molecule has 0 bridgehead atoms. The Kier molecular flexibility index (Phi) is 4.39. The minimum Gasteiger partial charge on any atom is -0.369 e. The molecule has 0 radical (unpaired) electrons. The standard InChI is InChI=1S/C13H13ClN2O2S/c1-15(9-12-3-2-6-19-12)11-4-5-13(16(17)18)10(7-11)8-14/h2-7H,8-9H2,1H3. The fraction of sp³-hybridized carbons (Fsp3) is 0.231. The van der Waals surface area contributed by atoms with Gasteiger partial charge in [-0.3, -0.25) is 10.1 Å². The van der Waals surface area contributed by atoms with E-state index in [2.05, 4.69) is 6.07 Å². The molecule has 0 spiro atoms. The van der Waals surface area contributed by atoms with Gasteiger partial charge in [-0.2, -0.15) is 0 Å². The third-order valence-corrected chi connectivity index (χ3v) is 3.97. The molecule has 100 valence electrons. The van der Waals surface area contributed by atoms with E-state index in [1.54, 1.807) is 23.5 Å². The van der Waals surface area contributed by atoms with Crippen LogP contribution in [0.1, 0.15) is 10.4 Å². The largest absolute Gasteiger partial charge is 0.369 e. The normalized spacial score (nSPS) is 10.4. The Morgan fingerprint density at radius 3 is 2.79 bits per heavy atom. The molecule has 0 saturated carbocycles. The Hall–Kier alpha value is -1.59. The molecule has 19 heavy (non-hydrogen) atoms. The van der Waals surface area contributed by atoms with E-state index in [1.807, 2.05) is 23.4 Å². The molecule has 1 aromatic carbocycles. The zero-order valence-corrected chi connectivity index (χ0v) is 11.9. The molecular weight excluding hydrogens is 284 g/mol. The second-order valence-corrected chi connectivity index (χ2v) is 5.44. The van der Waals surface area contributed by atoms with Crippen molar-refractivity contribution in [1.29, 1.82) is 0 Å². The monoisotopic (exact) mass is 296 g/mol. The summed E-state index contributed by atoms with van der Waals surface area (Å²) in [5.74, 6) is 0.136. The number of hydrogen-bond donors (Lipinski definition) is 0. The fourth-order valence-electron chi connectivity index (χ4n) is 1.82. The van der Waals surface area contributed by atoms with Gasteiger partial charge in [-0.05, 0) is 23.6 Å². The van der Waals surface area contributed by atoms with Gasteiger partial charge in [-0.15, -0.1) is 22.9 Å². The van der Waals surface area contributed by atoms with Crippen LogP contribution in [0, 0.1) is 10.1 Å². The summed E-state index contributed by atoms with van der Waals surface area (Å²) in [6.45, 7) is 0.775. The number of hydrogen-bond acceptors (Lipinski definition) is 4.